The molecule has 0 radical (unpaired) electrons. The fourth-order valence-electron chi connectivity index (χ4n) is 1.64. The lowest BCUT2D eigenvalue weighted by molar-refractivity contribution is -0.274. The van der Waals surface area contributed by atoms with Gasteiger partial charge >= 0.3 is 6.36 Å². The van der Waals surface area contributed by atoms with Gasteiger partial charge in [0.05, 0.1) is 5.69 Å². The van der Waals surface area contributed by atoms with Crippen LogP contribution in [0.15, 0.2) is 42.5 Å². The highest BCUT2D eigenvalue weighted by Gasteiger charge is 2.30. The van der Waals surface area contributed by atoms with E-state index in [1.54, 1.807) is 0 Å². The monoisotopic (exact) mass is 303 g/mol. The maximum Gasteiger partial charge on any atom is 0.573 e. The molecule has 0 amide bonds. The number of anilines is 1. The van der Waals surface area contributed by atoms with Crippen molar-refractivity contribution < 1.29 is 26.7 Å². The molecule has 112 valence electrons. The zero-order valence-corrected chi connectivity index (χ0v) is 10.5. The highest BCUT2D eigenvalue weighted by Crippen LogP contribution is 2.23. The number of benzene rings is 2. The van der Waals surface area contributed by atoms with Crippen LogP contribution in [-0.2, 0) is 6.54 Å². The molecule has 0 unspecified atom stereocenters. The molecule has 0 atom stereocenters. The van der Waals surface area contributed by atoms with Crippen molar-refractivity contribution in [2.45, 2.75) is 12.9 Å². The van der Waals surface area contributed by atoms with Crippen LogP contribution in [0.5, 0.6) is 5.75 Å². The molecule has 0 fully saturated rings. The maximum atomic E-state index is 13.3. The van der Waals surface area contributed by atoms with Crippen LogP contribution in [-0.4, -0.2) is 6.36 Å². The van der Waals surface area contributed by atoms with Crippen molar-refractivity contribution in [2.24, 2.45) is 0 Å². The number of hydrogen-bond acceptors (Lipinski definition) is 2. The first-order valence-electron chi connectivity index (χ1n) is 5.87. The van der Waals surface area contributed by atoms with Crippen LogP contribution < -0.4 is 10.1 Å². The van der Waals surface area contributed by atoms with E-state index in [1.807, 2.05) is 0 Å². The van der Waals surface area contributed by atoms with Gasteiger partial charge in [-0.1, -0.05) is 12.1 Å². The Labute approximate surface area is 117 Å². The Bertz CT molecular complexity index is 610. The lowest BCUT2D eigenvalue weighted by Crippen LogP contribution is -2.17. The van der Waals surface area contributed by atoms with Crippen molar-refractivity contribution in [2.75, 3.05) is 5.32 Å². The van der Waals surface area contributed by atoms with Gasteiger partial charge in [0, 0.05) is 6.54 Å². The summed E-state index contributed by atoms with van der Waals surface area (Å²) in [5.74, 6) is -1.55. The first-order valence-corrected chi connectivity index (χ1v) is 5.87. The molecule has 7 heteroatoms. The largest absolute Gasteiger partial charge is 0.573 e. The number of nitrogens with one attached hydrogen (secondary N) is 1. The molecule has 0 saturated carbocycles. The van der Waals surface area contributed by atoms with E-state index in [-0.39, 0.29) is 18.0 Å². The Hall–Kier alpha value is -2.31. The Balaban J connectivity index is 1.99. The molecule has 0 aromatic heterocycles. The van der Waals surface area contributed by atoms with Crippen molar-refractivity contribution in [3.05, 3.63) is 59.7 Å². The summed E-state index contributed by atoms with van der Waals surface area (Å²) >= 11 is 0. The Morgan fingerprint density at radius 3 is 2.24 bits per heavy atom. The second-order valence-corrected chi connectivity index (χ2v) is 4.17. The highest BCUT2D eigenvalue weighted by atomic mass is 19.4. The van der Waals surface area contributed by atoms with Crippen molar-refractivity contribution in [1.82, 2.24) is 0 Å². The lowest BCUT2D eigenvalue weighted by Gasteiger charge is -2.10. The minimum absolute atomic E-state index is 0.0226. The molecule has 2 aromatic carbocycles. The normalized spacial score (nSPS) is 11.3. The Morgan fingerprint density at radius 1 is 0.952 bits per heavy atom. The smallest absolute Gasteiger partial charge is 0.406 e. The fourth-order valence-corrected chi connectivity index (χ4v) is 1.64. The van der Waals surface area contributed by atoms with Gasteiger partial charge in [0.1, 0.15) is 17.4 Å². The minimum atomic E-state index is -4.75. The molecule has 0 aliphatic carbocycles. The van der Waals surface area contributed by atoms with Crippen molar-refractivity contribution in [1.29, 1.82) is 0 Å². The van der Waals surface area contributed by atoms with Gasteiger partial charge in [0.15, 0.2) is 0 Å². The molecule has 2 nitrogen and oxygen atoms in total. The van der Waals surface area contributed by atoms with Crippen molar-refractivity contribution in [3.63, 3.8) is 0 Å². The van der Waals surface area contributed by atoms with E-state index >= 15 is 0 Å². The molecule has 2 rings (SSSR count). The third kappa shape index (κ3) is 4.62. The van der Waals surface area contributed by atoms with E-state index in [4.69, 9.17) is 0 Å². The third-order valence-corrected chi connectivity index (χ3v) is 2.57. The molecular weight excluding hydrogens is 293 g/mol. The number of alkyl halides is 3. The zero-order valence-electron chi connectivity index (χ0n) is 10.5. The Morgan fingerprint density at radius 2 is 1.62 bits per heavy atom. The predicted molar refractivity (Wildman–Crippen MR) is 66.8 cm³/mol. The summed E-state index contributed by atoms with van der Waals surface area (Å²) in [6, 6.07) is 8.05. The SMILES string of the molecule is Fc1ccc(F)c(NCc2ccc(OC(F)(F)F)cc2)c1. The fraction of sp³-hybridized carbons (Fsp3) is 0.143. The first kappa shape index (κ1) is 15.1. The molecular formula is C14H10F5NO. The van der Waals surface area contributed by atoms with Gasteiger partial charge in [-0.3, -0.25) is 0 Å². The van der Waals surface area contributed by atoms with Crippen LogP contribution in [0.3, 0.4) is 0 Å². The molecule has 0 spiro atoms. The summed E-state index contributed by atoms with van der Waals surface area (Å²) in [5.41, 5.74) is 0.568. The summed E-state index contributed by atoms with van der Waals surface area (Å²) in [4.78, 5) is 0. The molecule has 0 aliphatic heterocycles. The van der Waals surface area contributed by atoms with Gasteiger partial charge in [0.25, 0.3) is 0 Å². The van der Waals surface area contributed by atoms with Crippen molar-refractivity contribution in [3.8, 4) is 5.75 Å². The molecule has 0 bridgehead atoms. The summed E-state index contributed by atoms with van der Waals surface area (Å²) in [6.45, 7) is 0.132. The second kappa shape index (κ2) is 5.99. The summed E-state index contributed by atoms with van der Waals surface area (Å²) in [6.07, 6.45) is -4.75. The third-order valence-electron chi connectivity index (χ3n) is 2.57. The molecule has 21 heavy (non-hydrogen) atoms. The van der Waals surface area contributed by atoms with Crippen molar-refractivity contribution >= 4 is 5.69 Å². The lowest BCUT2D eigenvalue weighted by atomic mass is 10.2. The van der Waals surface area contributed by atoms with E-state index in [2.05, 4.69) is 10.1 Å². The number of rotatable bonds is 4. The molecule has 0 aliphatic rings. The van der Waals surface area contributed by atoms with Gasteiger partial charge in [-0.05, 0) is 35.9 Å². The standard InChI is InChI=1S/C14H10F5NO/c15-10-3-6-12(16)13(7-10)20-8-9-1-4-11(5-2-9)21-14(17,18)19/h1-7,20H,8H2. The van der Waals surface area contributed by atoms with Gasteiger partial charge in [0.2, 0.25) is 0 Å². The van der Waals surface area contributed by atoms with Crippen LogP contribution in [0, 0.1) is 11.6 Å². The van der Waals surface area contributed by atoms with E-state index in [0.29, 0.717) is 5.56 Å². The van der Waals surface area contributed by atoms with E-state index in [0.717, 1.165) is 30.3 Å². The maximum absolute atomic E-state index is 13.3. The quantitative estimate of drug-likeness (QED) is 0.841. The Kier molecular flexibility index (Phi) is 4.30. The second-order valence-electron chi connectivity index (χ2n) is 4.17. The average molecular weight is 303 g/mol. The molecule has 0 heterocycles. The van der Waals surface area contributed by atoms with E-state index in [1.165, 1.54) is 12.1 Å². The minimum Gasteiger partial charge on any atom is -0.406 e. The van der Waals surface area contributed by atoms with Gasteiger partial charge in [-0.25, -0.2) is 8.78 Å². The van der Waals surface area contributed by atoms with E-state index < -0.39 is 18.0 Å². The zero-order chi connectivity index (χ0) is 15.5. The van der Waals surface area contributed by atoms with Gasteiger partial charge in [-0.15, -0.1) is 13.2 Å². The number of ether oxygens (including phenoxy) is 1. The average Bonchev–Trinajstić information content (AvgIpc) is 2.40. The number of halogens is 5. The van der Waals surface area contributed by atoms with Crippen LogP contribution in [0.25, 0.3) is 0 Å². The van der Waals surface area contributed by atoms with Crippen LogP contribution in [0.2, 0.25) is 0 Å². The first-order chi connectivity index (χ1) is 9.83. The van der Waals surface area contributed by atoms with Crippen LogP contribution >= 0.6 is 0 Å². The summed E-state index contributed by atoms with van der Waals surface area (Å²) in [7, 11) is 0. The van der Waals surface area contributed by atoms with Gasteiger partial charge < -0.3 is 10.1 Å². The topological polar surface area (TPSA) is 21.3 Å². The van der Waals surface area contributed by atoms with Crippen LogP contribution in [0.4, 0.5) is 27.6 Å². The summed E-state index contributed by atoms with van der Waals surface area (Å²) in [5, 5.41) is 2.66. The number of hydrogen-bond donors (Lipinski definition) is 1. The summed E-state index contributed by atoms with van der Waals surface area (Å²) < 4.78 is 66.0. The predicted octanol–water partition coefficient (Wildman–Crippen LogP) is 4.48. The highest BCUT2D eigenvalue weighted by molar-refractivity contribution is 5.45. The molecule has 1 N–H and O–H groups in total. The van der Waals surface area contributed by atoms with Crippen LogP contribution in [0.1, 0.15) is 5.56 Å². The molecule has 2 aromatic rings. The van der Waals surface area contributed by atoms with E-state index in [9.17, 15) is 22.0 Å². The molecule has 0 saturated heterocycles. The van der Waals surface area contributed by atoms with Gasteiger partial charge in [-0.2, -0.15) is 0 Å².